The van der Waals surface area contributed by atoms with Crippen molar-refractivity contribution in [1.29, 1.82) is 0 Å². The van der Waals surface area contributed by atoms with Crippen LogP contribution >= 0.6 is 0 Å². The van der Waals surface area contributed by atoms with Crippen molar-refractivity contribution in [1.82, 2.24) is 5.32 Å². The third-order valence-electron chi connectivity index (χ3n) is 4.27. The van der Waals surface area contributed by atoms with Gasteiger partial charge >= 0.3 is 11.8 Å². The zero-order valence-electron chi connectivity index (χ0n) is 16.1. The highest BCUT2D eigenvalue weighted by atomic mass is 16.2. The standard InChI is InChI=1S/C21H27N3O2/c1-14-12-15(2)19(16(3)13-14)23-21(26)20(25)22-11-10-17-6-8-18(9-7-17)24(4)5/h6-9,12-13H,10-11H2,1-5H3,(H,22,25)(H,23,26). The summed E-state index contributed by atoms with van der Waals surface area (Å²) in [7, 11) is 3.98. The number of amides is 2. The molecule has 0 aliphatic carbocycles. The van der Waals surface area contributed by atoms with Crippen molar-refractivity contribution in [2.45, 2.75) is 27.2 Å². The lowest BCUT2D eigenvalue weighted by atomic mass is 10.1. The van der Waals surface area contributed by atoms with Gasteiger partial charge in [0.2, 0.25) is 0 Å². The molecule has 0 aromatic heterocycles. The second-order valence-corrected chi connectivity index (χ2v) is 6.79. The number of hydrogen-bond acceptors (Lipinski definition) is 3. The van der Waals surface area contributed by atoms with E-state index in [1.165, 1.54) is 0 Å². The smallest absolute Gasteiger partial charge is 0.313 e. The fourth-order valence-corrected chi connectivity index (χ4v) is 2.91. The molecule has 0 heterocycles. The van der Waals surface area contributed by atoms with E-state index in [0.717, 1.165) is 27.9 Å². The summed E-state index contributed by atoms with van der Waals surface area (Å²) in [5.41, 5.74) is 5.97. The van der Waals surface area contributed by atoms with Gasteiger partial charge in [0.25, 0.3) is 0 Å². The number of carbonyl (C=O) groups is 2. The molecule has 0 radical (unpaired) electrons. The van der Waals surface area contributed by atoms with Crippen LogP contribution in [0.3, 0.4) is 0 Å². The molecule has 5 nitrogen and oxygen atoms in total. The van der Waals surface area contributed by atoms with Gasteiger partial charge in [0.1, 0.15) is 0 Å². The molecular formula is C21H27N3O2. The molecule has 2 amide bonds. The average molecular weight is 353 g/mol. The SMILES string of the molecule is Cc1cc(C)c(NC(=O)C(=O)NCCc2ccc(N(C)C)cc2)c(C)c1. The lowest BCUT2D eigenvalue weighted by molar-refractivity contribution is -0.136. The Morgan fingerprint density at radius 3 is 2.04 bits per heavy atom. The number of nitrogens with zero attached hydrogens (tertiary/aromatic N) is 1. The molecule has 2 rings (SSSR count). The second kappa shape index (κ2) is 8.52. The van der Waals surface area contributed by atoms with Crippen LogP contribution < -0.4 is 15.5 Å². The highest BCUT2D eigenvalue weighted by Gasteiger charge is 2.15. The Balaban J connectivity index is 1.87. The molecule has 2 aromatic rings. The molecule has 2 aromatic carbocycles. The van der Waals surface area contributed by atoms with Gasteiger partial charge in [0, 0.05) is 32.0 Å². The normalized spacial score (nSPS) is 10.3. The molecule has 138 valence electrons. The van der Waals surface area contributed by atoms with Crippen molar-refractivity contribution < 1.29 is 9.59 Å². The van der Waals surface area contributed by atoms with Gasteiger partial charge in [0.05, 0.1) is 0 Å². The van der Waals surface area contributed by atoms with Gasteiger partial charge < -0.3 is 15.5 Å². The summed E-state index contributed by atoms with van der Waals surface area (Å²) < 4.78 is 0. The molecule has 0 unspecified atom stereocenters. The molecule has 26 heavy (non-hydrogen) atoms. The third kappa shape index (κ3) is 5.09. The summed E-state index contributed by atoms with van der Waals surface area (Å²) in [6.45, 7) is 6.26. The van der Waals surface area contributed by atoms with Gasteiger partial charge in [-0.3, -0.25) is 9.59 Å². The first-order chi connectivity index (χ1) is 12.3. The molecule has 0 aliphatic rings. The Hall–Kier alpha value is -2.82. The van der Waals surface area contributed by atoms with E-state index in [2.05, 4.69) is 10.6 Å². The minimum Gasteiger partial charge on any atom is -0.378 e. The quantitative estimate of drug-likeness (QED) is 0.813. The Morgan fingerprint density at radius 1 is 0.923 bits per heavy atom. The first-order valence-corrected chi connectivity index (χ1v) is 8.71. The van der Waals surface area contributed by atoms with Crippen molar-refractivity contribution >= 4 is 23.2 Å². The fraction of sp³-hybridized carbons (Fsp3) is 0.333. The van der Waals surface area contributed by atoms with Gasteiger partial charge in [0.15, 0.2) is 0 Å². The van der Waals surface area contributed by atoms with E-state index in [1.807, 2.05) is 76.2 Å². The van der Waals surface area contributed by atoms with E-state index in [-0.39, 0.29) is 0 Å². The predicted octanol–water partition coefficient (Wildman–Crippen LogP) is 2.98. The average Bonchev–Trinajstić information content (AvgIpc) is 2.58. The molecule has 0 spiro atoms. The number of rotatable bonds is 5. The minimum absolute atomic E-state index is 0.416. The molecule has 5 heteroatoms. The Bertz CT molecular complexity index is 772. The molecular weight excluding hydrogens is 326 g/mol. The van der Waals surface area contributed by atoms with Crippen LogP contribution in [0.2, 0.25) is 0 Å². The summed E-state index contributed by atoms with van der Waals surface area (Å²) >= 11 is 0. The number of aryl methyl sites for hydroxylation is 3. The van der Waals surface area contributed by atoms with Crippen LogP contribution in [0.5, 0.6) is 0 Å². The monoisotopic (exact) mass is 353 g/mol. The van der Waals surface area contributed by atoms with Gasteiger partial charge in [-0.15, -0.1) is 0 Å². The van der Waals surface area contributed by atoms with Crippen LogP contribution in [0.4, 0.5) is 11.4 Å². The van der Waals surface area contributed by atoms with Gasteiger partial charge in [-0.05, 0) is 56.0 Å². The highest BCUT2D eigenvalue weighted by Crippen LogP contribution is 2.21. The molecule has 0 fully saturated rings. The maximum Gasteiger partial charge on any atom is 0.313 e. The highest BCUT2D eigenvalue weighted by molar-refractivity contribution is 6.39. The van der Waals surface area contributed by atoms with Crippen LogP contribution in [0.1, 0.15) is 22.3 Å². The van der Waals surface area contributed by atoms with Gasteiger partial charge in [-0.1, -0.05) is 29.8 Å². The lowest BCUT2D eigenvalue weighted by Crippen LogP contribution is -2.36. The number of anilines is 2. The largest absolute Gasteiger partial charge is 0.378 e. The predicted molar refractivity (Wildman–Crippen MR) is 107 cm³/mol. The van der Waals surface area contributed by atoms with Crippen LogP contribution in [-0.4, -0.2) is 32.5 Å². The zero-order chi connectivity index (χ0) is 19.3. The molecule has 0 bridgehead atoms. The lowest BCUT2D eigenvalue weighted by Gasteiger charge is -2.13. The molecule has 2 N–H and O–H groups in total. The van der Waals surface area contributed by atoms with Gasteiger partial charge in [-0.2, -0.15) is 0 Å². The molecule has 0 atom stereocenters. The van der Waals surface area contributed by atoms with Crippen LogP contribution in [-0.2, 0) is 16.0 Å². The van der Waals surface area contributed by atoms with Crippen molar-refractivity contribution in [2.75, 3.05) is 30.9 Å². The first-order valence-electron chi connectivity index (χ1n) is 8.71. The molecule has 0 saturated carbocycles. The van der Waals surface area contributed by atoms with E-state index in [4.69, 9.17) is 0 Å². The third-order valence-corrected chi connectivity index (χ3v) is 4.27. The number of benzene rings is 2. The van der Waals surface area contributed by atoms with Gasteiger partial charge in [-0.25, -0.2) is 0 Å². The maximum absolute atomic E-state index is 12.1. The number of hydrogen-bond donors (Lipinski definition) is 2. The minimum atomic E-state index is -0.636. The van der Waals surface area contributed by atoms with Crippen molar-refractivity contribution in [3.63, 3.8) is 0 Å². The van der Waals surface area contributed by atoms with Crippen molar-refractivity contribution in [2.24, 2.45) is 0 Å². The summed E-state index contributed by atoms with van der Waals surface area (Å²) in [4.78, 5) is 26.2. The van der Waals surface area contributed by atoms with E-state index in [1.54, 1.807) is 0 Å². The molecule has 0 aliphatic heterocycles. The second-order valence-electron chi connectivity index (χ2n) is 6.79. The van der Waals surface area contributed by atoms with Crippen molar-refractivity contribution in [3.05, 3.63) is 58.7 Å². The van der Waals surface area contributed by atoms with E-state index >= 15 is 0 Å². The Labute approximate surface area is 155 Å². The summed E-state index contributed by atoms with van der Waals surface area (Å²) in [5.74, 6) is -1.25. The summed E-state index contributed by atoms with van der Waals surface area (Å²) in [6, 6.07) is 12.1. The Kier molecular flexibility index (Phi) is 6.39. The molecule has 0 saturated heterocycles. The number of carbonyl (C=O) groups excluding carboxylic acids is 2. The Morgan fingerprint density at radius 2 is 1.50 bits per heavy atom. The van der Waals surface area contributed by atoms with Crippen LogP contribution in [0, 0.1) is 20.8 Å². The summed E-state index contributed by atoms with van der Waals surface area (Å²) in [6.07, 6.45) is 0.676. The van der Waals surface area contributed by atoms with Crippen LogP contribution in [0.15, 0.2) is 36.4 Å². The zero-order valence-corrected chi connectivity index (χ0v) is 16.1. The van der Waals surface area contributed by atoms with E-state index < -0.39 is 11.8 Å². The van der Waals surface area contributed by atoms with E-state index in [0.29, 0.717) is 18.7 Å². The first kappa shape index (κ1) is 19.5. The fourth-order valence-electron chi connectivity index (χ4n) is 2.91. The number of nitrogens with one attached hydrogen (secondary N) is 2. The summed E-state index contributed by atoms with van der Waals surface area (Å²) in [5, 5.41) is 5.40. The maximum atomic E-state index is 12.1. The van der Waals surface area contributed by atoms with E-state index in [9.17, 15) is 9.59 Å². The topological polar surface area (TPSA) is 61.4 Å². The van der Waals surface area contributed by atoms with Crippen LogP contribution in [0.25, 0.3) is 0 Å². The van der Waals surface area contributed by atoms with Crippen molar-refractivity contribution in [3.8, 4) is 0 Å².